The fourth-order valence-electron chi connectivity index (χ4n) is 2.50. The van der Waals surface area contributed by atoms with Crippen LogP contribution in [0.2, 0.25) is 0 Å². The topological polar surface area (TPSA) is 52.6 Å². The molecule has 0 fully saturated rings. The Morgan fingerprint density at radius 2 is 1.45 bits per heavy atom. The zero-order chi connectivity index (χ0) is 22.2. The van der Waals surface area contributed by atoms with Gasteiger partial charge in [-0.05, 0) is 85.6 Å². The quantitative estimate of drug-likeness (QED) is 0.200. The Hall–Kier alpha value is -2.10. The van der Waals surface area contributed by atoms with Crippen LogP contribution in [0.1, 0.15) is 80.6 Å². The Labute approximate surface area is 177 Å². The van der Waals surface area contributed by atoms with E-state index in [1.54, 1.807) is 6.92 Å². The number of carbonyl (C=O) groups is 2. The van der Waals surface area contributed by atoms with Gasteiger partial charge in [0, 0.05) is 11.6 Å². The molecule has 0 spiro atoms. The molecule has 4 nitrogen and oxygen atoms in total. The van der Waals surface area contributed by atoms with E-state index in [1.807, 2.05) is 13.0 Å². The number of hydrogen-bond acceptors (Lipinski definition) is 4. The third-order valence-corrected chi connectivity index (χ3v) is 4.46. The lowest BCUT2D eigenvalue weighted by Gasteiger charge is -2.10. The molecule has 0 amide bonds. The molecule has 0 unspecified atom stereocenters. The first-order valence-electron chi connectivity index (χ1n) is 10.6. The minimum absolute atomic E-state index is 0.211. The van der Waals surface area contributed by atoms with E-state index in [0.717, 1.165) is 32.1 Å². The van der Waals surface area contributed by atoms with Crippen LogP contribution in [0.3, 0.4) is 0 Å². The third kappa shape index (κ3) is 16.5. The molecule has 0 radical (unpaired) electrons. The molecule has 0 bridgehead atoms. The second-order valence-corrected chi connectivity index (χ2v) is 8.22. The summed E-state index contributed by atoms with van der Waals surface area (Å²) in [4.78, 5) is 23.8. The zero-order valence-electron chi connectivity index (χ0n) is 19.5. The van der Waals surface area contributed by atoms with Crippen molar-refractivity contribution in [2.45, 2.75) is 80.6 Å². The first kappa shape index (κ1) is 26.9. The van der Waals surface area contributed by atoms with Gasteiger partial charge in [0.05, 0.1) is 6.61 Å². The van der Waals surface area contributed by atoms with E-state index in [1.165, 1.54) is 22.8 Å². The molecule has 0 aliphatic heterocycles. The van der Waals surface area contributed by atoms with Crippen LogP contribution >= 0.6 is 0 Å². The Balaban J connectivity index is 4.18. The standard InChI is InChI=1S/C25H40O4/c1-19(2)10-8-12-21(5)14-16-28-24(26)18-23(7)25(27)29-17-15-22(6)13-9-11-20(3)4/h10-11,15,18,21H,8-9,12-14,16-17H2,1-7H3/b22-15+,23-18+/t21-/m1/s1. The van der Waals surface area contributed by atoms with E-state index >= 15 is 0 Å². The van der Waals surface area contributed by atoms with E-state index in [-0.39, 0.29) is 12.2 Å². The molecule has 0 aliphatic rings. The molecule has 29 heavy (non-hydrogen) atoms. The third-order valence-electron chi connectivity index (χ3n) is 4.46. The average Bonchev–Trinajstić information content (AvgIpc) is 2.60. The molecule has 0 aliphatic carbocycles. The predicted octanol–water partition coefficient (Wildman–Crippen LogP) is 6.48. The highest BCUT2D eigenvalue weighted by atomic mass is 16.5. The molecule has 0 N–H and O–H groups in total. The van der Waals surface area contributed by atoms with Gasteiger partial charge in [0.15, 0.2) is 0 Å². The summed E-state index contributed by atoms with van der Waals surface area (Å²) in [6.45, 7) is 14.7. The first-order chi connectivity index (χ1) is 13.6. The molecule has 0 aromatic heterocycles. The summed E-state index contributed by atoms with van der Waals surface area (Å²) in [6.07, 6.45) is 12.4. The van der Waals surface area contributed by atoms with Crippen molar-refractivity contribution in [2.24, 2.45) is 5.92 Å². The maximum atomic E-state index is 12.0. The zero-order valence-corrected chi connectivity index (χ0v) is 19.5. The van der Waals surface area contributed by atoms with Crippen LogP contribution in [0.15, 0.2) is 46.6 Å². The largest absolute Gasteiger partial charge is 0.463 e. The van der Waals surface area contributed by atoms with Crippen LogP contribution in [-0.4, -0.2) is 25.2 Å². The maximum absolute atomic E-state index is 12.0. The number of carbonyl (C=O) groups excluding carboxylic acids is 2. The molecule has 0 rings (SSSR count). The molecule has 164 valence electrons. The number of rotatable bonds is 13. The van der Waals surface area contributed by atoms with Crippen molar-refractivity contribution in [3.63, 3.8) is 0 Å². The van der Waals surface area contributed by atoms with Crippen molar-refractivity contribution in [1.82, 2.24) is 0 Å². The Bertz CT molecular complexity index is 627. The van der Waals surface area contributed by atoms with Crippen LogP contribution in [0.25, 0.3) is 0 Å². The molecule has 0 aromatic carbocycles. The van der Waals surface area contributed by atoms with Gasteiger partial charge in [-0.25, -0.2) is 9.59 Å². The van der Waals surface area contributed by atoms with E-state index < -0.39 is 11.9 Å². The molecular weight excluding hydrogens is 364 g/mol. The lowest BCUT2D eigenvalue weighted by atomic mass is 10.0. The number of allylic oxidation sites excluding steroid dienone is 5. The highest BCUT2D eigenvalue weighted by molar-refractivity contribution is 5.95. The molecule has 4 heteroatoms. The molecule has 0 saturated carbocycles. The Morgan fingerprint density at radius 3 is 2.07 bits per heavy atom. The summed E-state index contributed by atoms with van der Waals surface area (Å²) in [6, 6.07) is 0. The summed E-state index contributed by atoms with van der Waals surface area (Å²) in [7, 11) is 0. The Kier molecular flexibility index (Phi) is 14.6. The molecule has 0 aromatic rings. The smallest absolute Gasteiger partial charge is 0.334 e. The summed E-state index contributed by atoms with van der Waals surface area (Å²) < 4.78 is 10.4. The van der Waals surface area contributed by atoms with Crippen LogP contribution in [0.5, 0.6) is 0 Å². The second kappa shape index (κ2) is 15.8. The van der Waals surface area contributed by atoms with Gasteiger partial charge in [0.2, 0.25) is 0 Å². The van der Waals surface area contributed by atoms with E-state index in [9.17, 15) is 9.59 Å². The predicted molar refractivity (Wildman–Crippen MR) is 121 cm³/mol. The van der Waals surface area contributed by atoms with E-state index in [0.29, 0.717) is 12.5 Å². The number of ether oxygens (including phenoxy) is 2. The van der Waals surface area contributed by atoms with Crippen LogP contribution in [0, 0.1) is 5.92 Å². The van der Waals surface area contributed by atoms with Gasteiger partial charge < -0.3 is 9.47 Å². The molecular formula is C25H40O4. The van der Waals surface area contributed by atoms with Crippen molar-refractivity contribution in [1.29, 1.82) is 0 Å². The van der Waals surface area contributed by atoms with Gasteiger partial charge in [-0.3, -0.25) is 0 Å². The summed E-state index contributed by atoms with van der Waals surface area (Å²) in [5.74, 6) is -0.505. The van der Waals surface area contributed by atoms with Crippen LogP contribution in [0.4, 0.5) is 0 Å². The van der Waals surface area contributed by atoms with Gasteiger partial charge in [0.1, 0.15) is 6.61 Å². The minimum Gasteiger partial charge on any atom is -0.463 e. The maximum Gasteiger partial charge on any atom is 0.334 e. The fourth-order valence-corrected chi connectivity index (χ4v) is 2.50. The van der Waals surface area contributed by atoms with Gasteiger partial charge >= 0.3 is 11.9 Å². The summed E-state index contributed by atoms with van der Waals surface area (Å²) >= 11 is 0. The lowest BCUT2D eigenvalue weighted by Crippen LogP contribution is -2.11. The molecule has 1 atom stereocenters. The lowest BCUT2D eigenvalue weighted by molar-refractivity contribution is -0.140. The van der Waals surface area contributed by atoms with Gasteiger partial charge in [-0.15, -0.1) is 0 Å². The SMILES string of the molecule is CC(C)=CCC/C(C)=C/COC(=O)/C(C)=C/C(=O)OCC[C@H](C)CCC=C(C)C. The molecule has 0 heterocycles. The van der Waals surface area contributed by atoms with Crippen molar-refractivity contribution in [2.75, 3.05) is 13.2 Å². The second-order valence-electron chi connectivity index (χ2n) is 8.22. The monoisotopic (exact) mass is 404 g/mol. The normalized spacial score (nSPS) is 12.8. The summed E-state index contributed by atoms with van der Waals surface area (Å²) in [5, 5.41) is 0. The van der Waals surface area contributed by atoms with E-state index in [2.05, 4.69) is 46.8 Å². The van der Waals surface area contributed by atoms with Crippen molar-refractivity contribution in [3.8, 4) is 0 Å². The minimum atomic E-state index is -0.496. The average molecular weight is 405 g/mol. The number of esters is 2. The Morgan fingerprint density at radius 1 is 0.828 bits per heavy atom. The van der Waals surface area contributed by atoms with Gasteiger partial charge in [0.25, 0.3) is 0 Å². The van der Waals surface area contributed by atoms with Crippen molar-refractivity contribution < 1.29 is 19.1 Å². The number of hydrogen-bond donors (Lipinski definition) is 0. The summed E-state index contributed by atoms with van der Waals surface area (Å²) in [5.41, 5.74) is 4.05. The highest BCUT2D eigenvalue weighted by Crippen LogP contribution is 2.12. The van der Waals surface area contributed by atoms with Gasteiger partial charge in [-0.2, -0.15) is 0 Å². The van der Waals surface area contributed by atoms with Gasteiger partial charge in [-0.1, -0.05) is 35.8 Å². The van der Waals surface area contributed by atoms with Crippen LogP contribution < -0.4 is 0 Å². The van der Waals surface area contributed by atoms with Crippen molar-refractivity contribution in [3.05, 3.63) is 46.6 Å². The van der Waals surface area contributed by atoms with E-state index in [4.69, 9.17) is 9.47 Å². The molecule has 0 saturated heterocycles. The highest BCUT2D eigenvalue weighted by Gasteiger charge is 2.09. The van der Waals surface area contributed by atoms with Crippen molar-refractivity contribution >= 4 is 11.9 Å². The fraction of sp³-hybridized carbons (Fsp3) is 0.600. The first-order valence-corrected chi connectivity index (χ1v) is 10.6. The van der Waals surface area contributed by atoms with Crippen LogP contribution in [-0.2, 0) is 19.1 Å².